The lowest BCUT2D eigenvalue weighted by Gasteiger charge is -2.06. The van der Waals surface area contributed by atoms with Gasteiger partial charge in [-0.25, -0.2) is 4.98 Å². The lowest BCUT2D eigenvalue weighted by Crippen LogP contribution is -1.99. The van der Waals surface area contributed by atoms with E-state index in [1.807, 2.05) is 37.3 Å². The summed E-state index contributed by atoms with van der Waals surface area (Å²) >= 11 is 0. The quantitative estimate of drug-likeness (QED) is 0.676. The lowest BCUT2D eigenvalue weighted by molar-refractivity contribution is 0.0983. The van der Waals surface area contributed by atoms with Crippen LogP contribution in [0.4, 0.5) is 0 Å². The van der Waals surface area contributed by atoms with Crippen molar-refractivity contribution in [1.29, 1.82) is 0 Å². The summed E-state index contributed by atoms with van der Waals surface area (Å²) in [7, 11) is 0. The number of para-hydroxylation sites is 1. The van der Waals surface area contributed by atoms with E-state index in [9.17, 15) is 4.79 Å². The molecule has 4 heteroatoms. The third-order valence-corrected chi connectivity index (χ3v) is 3.14. The van der Waals surface area contributed by atoms with Crippen molar-refractivity contribution in [3.05, 3.63) is 60.6 Å². The van der Waals surface area contributed by atoms with Crippen LogP contribution >= 0.6 is 0 Å². The number of hydrogen-bond donors (Lipinski definition) is 0. The minimum Gasteiger partial charge on any atom is -0.454 e. The fourth-order valence-corrected chi connectivity index (χ4v) is 2.03. The zero-order chi connectivity index (χ0) is 14.7. The van der Waals surface area contributed by atoms with Gasteiger partial charge in [0.15, 0.2) is 5.78 Å². The minimum absolute atomic E-state index is 0.0221. The third kappa shape index (κ3) is 2.89. The highest BCUT2D eigenvalue weighted by molar-refractivity contribution is 5.93. The van der Waals surface area contributed by atoms with Gasteiger partial charge in [-0.1, -0.05) is 25.1 Å². The maximum absolute atomic E-state index is 11.5. The molecule has 104 valence electrons. The second-order valence-corrected chi connectivity index (χ2v) is 4.62. The van der Waals surface area contributed by atoms with Gasteiger partial charge in [0.2, 0.25) is 0 Å². The highest BCUT2D eigenvalue weighted by Crippen LogP contribution is 2.23. The molecule has 0 radical (unpaired) electrons. The average Bonchev–Trinajstić information content (AvgIpc) is 2.55. The number of ether oxygens (including phenoxy) is 1. The summed E-state index contributed by atoms with van der Waals surface area (Å²) in [4.78, 5) is 20.0. The minimum atomic E-state index is 0.0221. The number of rotatable bonds is 4. The van der Waals surface area contributed by atoms with Crippen LogP contribution in [0.3, 0.4) is 0 Å². The first-order chi connectivity index (χ1) is 10.3. The van der Waals surface area contributed by atoms with E-state index < -0.39 is 0 Å². The molecule has 2 aromatic heterocycles. The van der Waals surface area contributed by atoms with E-state index in [0.29, 0.717) is 23.6 Å². The van der Waals surface area contributed by atoms with E-state index >= 15 is 0 Å². The fourth-order valence-electron chi connectivity index (χ4n) is 2.03. The Balaban J connectivity index is 1.83. The summed E-state index contributed by atoms with van der Waals surface area (Å²) in [6.45, 7) is 1.81. The number of pyridine rings is 2. The molecule has 3 aromatic rings. The van der Waals surface area contributed by atoms with E-state index in [0.717, 1.165) is 10.9 Å². The Bertz CT molecular complexity index is 782. The van der Waals surface area contributed by atoms with Crippen molar-refractivity contribution in [1.82, 2.24) is 9.97 Å². The predicted octanol–water partition coefficient (Wildman–Crippen LogP) is 4.01. The molecule has 2 heterocycles. The van der Waals surface area contributed by atoms with Gasteiger partial charge in [0.05, 0.1) is 17.9 Å². The van der Waals surface area contributed by atoms with E-state index in [1.54, 1.807) is 24.5 Å². The SMILES string of the molecule is CCC(=O)c1ccc(Oc2cnc3ccccc3c2)cn1. The van der Waals surface area contributed by atoms with Gasteiger partial charge in [0, 0.05) is 11.8 Å². The van der Waals surface area contributed by atoms with Crippen LogP contribution in [0.1, 0.15) is 23.8 Å². The Hall–Kier alpha value is -2.75. The second-order valence-electron chi connectivity index (χ2n) is 4.62. The van der Waals surface area contributed by atoms with Crippen molar-refractivity contribution in [2.45, 2.75) is 13.3 Å². The van der Waals surface area contributed by atoms with Crippen molar-refractivity contribution in [2.75, 3.05) is 0 Å². The molecule has 0 N–H and O–H groups in total. The van der Waals surface area contributed by atoms with Crippen LogP contribution in [-0.4, -0.2) is 15.8 Å². The molecular formula is C17H14N2O2. The number of aromatic nitrogens is 2. The standard InChI is InChI=1S/C17H14N2O2/c1-2-17(20)16-8-7-13(10-19-16)21-14-9-12-5-3-4-6-15(12)18-11-14/h3-11H,2H2,1H3. The normalized spacial score (nSPS) is 10.5. The molecule has 0 aliphatic rings. The fraction of sp³-hybridized carbons (Fsp3) is 0.118. The van der Waals surface area contributed by atoms with Gasteiger partial charge in [-0.2, -0.15) is 0 Å². The molecule has 0 bridgehead atoms. The van der Waals surface area contributed by atoms with E-state index in [-0.39, 0.29) is 5.78 Å². The van der Waals surface area contributed by atoms with Crippen LogP contribution in [-0.2, 0) is 0 Å². The summed E-state index contributed by atoms with van der Waals surface area (Å²) in [5.41, 5.74) is 1.38. The molecule has 0 unspecified atom stereocenters. The number of benzene rings is 1. The Kier molecular flexibility index (Phi) is 3.60. The van der Waals surface area contributed by atoms with Crippen molar-refractivity contribution >= 4 is 16.7 Å². The summed E-state index contributed by atoms with van der Waals surface area (Å²) < 4.78 is 5.72. The van der Waals surface area contributed by atoms with Crippen molar-refractivity contribution in [3.63, 3.8) is 0 Å². The molecule has 0 fully saturated rings. The van der Waals surface area contributed by atoms with E-state index in [1.165, 1.54) is 0 Å². The van der Waals surface area contributed by atoms with Crippen LogP contribution in [0, 0.1) is 0 Å². The highest BCUT2D eigenvalue weighted by atomic mass is 16.5. The zero-order valence-electron chi connectivity index (χ0n) is 11.6. The third-order valence-electron chi connectivity index (χ3n) is 3.14. The molecule has 4 nitrogen and oxygen atoms in total. The number of Topliss-reactive ketones (excluding diaryl/α,β-unsaturated/α-hetero) is 1. The van der Waals surface area contributed by atoms with Crippen LogP contribution in [0.5, 0.6) is 11.5 Å². The summed E-state index contributed by atoms with van der Waals surface area (Å²) in [5, 5.41) is 1.01. The number of ketones is 1. The number of carbonyl (C=O) groups excluding carboxylic acids is 1. The summed E-state index contributed by atoms with van der Waals surface area (Å²) in [5.74, 6) is 1.25. The monoisotopic (exact) mass is 278 g/mol. The molecule has 0 saturated heterocycles. The van der Waals surface area contributed by atoms with Crippen molar-refractivity contribution in [2.24, 2.45) is 0 Å². The smallest absolute Gasteiger partial charge is 0.180 e. The molecular weight excluding hydrogens is 264 g/mol. The molecule has 0 saturated carbocycles. The van der Waals surface area contributed by atoms with Gasteiger partial charge in [0.25, 0.3) is 0 Å². The first kappa shape index (κ1) is 13.2. The number of carbonyl (C=O) groups is 1. The van der Waals surface area contributed by atoms with Crippen LogP contribution in [0.25, 0.3) is 10.9 Å². The van der Waals surface area contributed by atoms with Crippen molar-refractivity contribution < 1.29 is 9.53 Å². The average molecular weight is 278 g/mol. The Morgan fingerprint density at radius 1 is 1.05 bits per heavy atom. The number of hydrogen-bond acceptors (Lipinski definition) is 4. The molecule has 3 rings (SSSR count). The number of fused-ring (bicyclic) bond motifs is 1. The van der Waals surface area contributed by atoms with Crippen LogP contribution in [0.2, 0.25) is 0 Å². The Morgan fingerprint density at radius 3 is 2.62 bits per heavy atom. The van der Waals surface area contributed by atoms with E-state index in [4.69, 9.17) is 4.74 Å². The molecule has 1 aromatic carbocycles. The van der Waals surface area contributed by atoms with Gasteiger partial charge >= 0.3 is 0 Å². The molecule has 0 aliphatic carbocycles. The zero-order valence-corrected chi connectivity index (χ0v) is 11.6. The number of nitrogens with zero attached hydrogens (tertiary/aromatic N) is 2. The van der Waals surface area contributed by atoms with Gasteiger partial charge in [-0.3, -0.25) is 9.78 Å². The van der Waals surface area contributed by atoms with Crippen molar-refractivity contribution in [3.8, 4) is 11.5 Å². The molecule has 0 spiro atoms. The Labute approximate surface area is 122 Å². The second kappa shape index (κ2) is 5.71. The first-order valence-electron chi connectivity index (χ1n) is 6.78. The van der Waals surface area contributed by atoms with E-state index in [2.05, 4.69) is 9.97 Å². The van der Waals surface area contributed by atoms with Gasteiger partial charge in [0.1, 0.15) is 17.2 Å². The summed E-state index contributed by atoms with van der Waals surface area (Å²) in [6, 6.07) is 13.2. The summed E-state index contributed by atoms with van der Waals surface area (Å²) in [6.07, 6.45) is 3.67. The van der Waals surface area contributed by atoms with Gasteiger partial charge < -0.3 is 4.74 Å². The van der Waals surface area contributed by atoms with Crippen LogP contribution in [0.15, 0.2) is 54.9 Å². The molecule has 0 aliphatic heterocycles. The van der Waals surface area contributed by atoms with Gasteiger partial charge in [-0.05, 0) is 24.3 Å². The largest absolute Gasteiger partial charge is 0.454 e. The molecule has 0 amide bonds. The molecule has 0 atom stereocenters. The van der Waals surface area contributed by atoms with Gasteiger partial charge in [-0.15, -0.1) is 0 Å². The Morgan fingerprint density at radius 2 is 1.86 bits per heavy atom. The maximum Gasteiger partial charge on any atom is 0.180 e. The lowest BCUT2D eigenvalue weighted by atomic mass is 10.2. The molecule has 21 heavy (non-hydrogen) atoms. The maximum atomic E-state index is 11.5. The predicted molar refractivity (Wildman–Crippen MR) is 80.7 cm³/mol. The highest BCUT2D eigenvalue weighted by Gasteiger charge is 2.05. The first-order valence-corrected chi connectivity index (χ1v) is 6.78. The van der Waals surface area contributed by atoms with Crippen LogP contribution < -0.4 is 4.74 Å². The topological polar surface area (TPSA) is 52.1 Å².